The lowest BCUT2D eigenvalue weighted by Gasteiger charge is -2.08. The fraction of sp³-hybridized carbons (Fsp3) is 0.133. The van der Waals surface area contributed by atoms with Gasteiger partial charge in [0.2, 0.25) is 5.88 Å². The molecule has 0 spiro atoms. The van der Waals surface area contributed by atoms with Gasteiger partial charge in [0.05, 0.1) is 7.11 Å². The minimum atomic E-state index is 0.343. The third-order valence-corrected chi connectivity index (χ3v) is 3.06. The topological polar surface area (TPSA) is 61.8 Å². The van der Waals surface area contributed by atoms with Crippen molar-refractivity contribution in [3.05, 3.63) is 54.4 Å². The van der Waals surface area contributed by atoms with Crippen LogP contribution in [0.2, 0.25) is 0 Å². The van der Waals surface area contributed by atoms with E-state index in [1.54, 1.807) is 7.11 Å². The molecular weight excluding hydrogens is 254 g/mol. The zero-order valence-corrected chi connectivity index (χ0v) is 11.1. The third-order valence-electron chi connectivity index (χ3n) is 3.06. The second-order valence-corrected chi connectivity index (χ2v) is 4.25. The average molecular weight is 269 g/mol. The van der Waals surface area contributed by atoms with Crippen LogP contribution in [-0.4, -0.2) is 16.5 Å². The normalized spacial score (nSPS) is 10.7. The van der Waals surface area contributed by atoms with Gasteiger partial charge < -0.3 is 15.2 Å². The first-order valence-electron chi connectivity index (χ1n) is 6.30. The minimum absolute atomic E-state index is 0.343. The summed E-state index contributed by atoms with van der Waals surface area (Å²) in [5.74, 6) is 1.78. The van der Waals surface area contributed by atoms with Crippen LogP contribution in [0, 0.1) is 0 Å². The Labute approximate surface area is 116 Å². The highest BCUT2D eigenvalue weighted by molar-refractivity contribution is 5.48. The number of rotatable bonds is 4. The summed E-state index contributed by atoms with van der Waals surface area (Å²) in [4.78, 5) is 4.46. The fourth-order valence-electron chi connectivity index (χ4n) is 2.10. The van der Waals surface area contributed by atoms with Crippen LogP contribution in [-0.2, 0) is 6.54 Å². The summed E-state index contributed by atoms with van der Waals surface area (Å²) in [5, 5.41) is 0. The molecule has 3 rings (SSSR count). The standard InChI is InChI=1S/C15H15N3O2/c1-19-12-6-2-3-7-13(12)20-15-11(10-16)18-9-5-4-8-14(18)17-15/h2-9H,10,16H2,1H3. The molecular formula is C15H15N3O2. The van der Waals surface area contributed by atoms with Crippen LogP contribution in [0.15, 0.2) is 48.7 Å². The Morgan fingerprint density at radius 3 is 2.60 bits per heavy atom. The highest BCUT2D eigenvalue weighted by Crippen LogP contribution is 2.32. The number of hydrogen-bond acceptors (Lipinski definition) is 4. The molecule has 0 fully saturated rings. The summed E-state index contributed by atoms with van der Waals surface area (Å²) in [6, 6.07) is 13.2. The van der Waals surface area contributed by atoms with Gasteiger partial charge in [-0.3, -0.25) is 4.40 Å². The Hall–Kier alpha value is -2.53. The number of imidazole rings is 1. The van der Waals surface area contributed by atoms with Crippen LogP contribution in [0.3, 0.4) is 0 Å². The minimum Gasteiger partial charge on any atom is -0.493 e. The maximum absolute atomic E-state index is 5.87. The van der Waals surface area contributed by atoms with E-state index in [-0.39, 0.29) is 0 Å². The molecule has 0 atom stereocenters. The molecule has 0 unspecified atom stereocenters. The number of benzene rings is 1. The summed E-state index contributed by atoms with van der Waals surface area (Å²) < 4.78 is 13.1. The molecule has 0 aliphatic carbocycles. The highest BCUT2D eigenvalue weighted by atomic mass is 16.5. The van der Waals surface area contributed by atoms with Crippen molar-refractivity contribution in [2.75, 3.05) is 7.11 Å². The van der Waals surface area contributed by atoms with E-state index in [1.807, 2.05) is 53.1 Å². The van der Waals surface area contributed by atoms with Gasteiger partial charge in [-0.1, -0.05) is 18.2 Å². The molecule has 3 aromatic rings. The summed E-state index contributed by atoms with van der Waals surface area (Å²) in [7, 11) is 1.61. The van der Waals surface area contributed by atoms with E-state index in [0.29, 0.717) is 23.9 Å². The highest BCUT2D eigenvalue weighted by Gasteiger charge is 2.14. The molecule has 5 nitrogen and oxygen atoms in total. The monoisotopic (exact) mass is 269 g/mol. The van der Waals surface area contributed by atoms with Crippen LogP contribution in [0.5, 0.6) is 17.4 Å². The lowest BCUT2D eigenvalue weighted by Crippen LogP contribution is -2.02. The van der Waals surface area contributed by atoms with Gasteiger partial charge in [0.25, 0.3) is 0 Å². The SMILES string of the molecule is COc1ccccc1Oc1nc2ccccn2c1CN. The lowest BCUT2D eigenvalue weighted by molar-refractivity contribution is 0.373. The average Bonchev–Trinajstić information content (AvgIpc) is 2.85. The number of pyridine rings is 1. The van der Waals surface area contributed by atoms with Crippen LogP contribution >= 0.6 is 0 Å². The maximum atomic E-state index is 5.87. The van der Waals surface area contributed by atoms with Gasteiger partial charge in [-0.2, -0.15) is 4.98 Å². The molecule has 0 amide bonds. The number of nitrogens with two attached hydrogens (primary N) is 1. The van der Waals surface area contributed by atoms with Crippen molar-refractivity contribution >= 4 is 5.65 Å². The zero-order valence-electron chi connectivity index (χ0n) is 11.1. The molecule has 102 valence electrons. The predicted octanol–water partition coefficient (Wildman–Crippen LogP) is 2.59. The van der Waals surface area contributed by atoms with E-state index in [0.717, 1.165) is 11.3 Å². The van der Waals surface area contributed by atoms with Crippen LogP contribution in [0.4, 0.5) is 0 Å². The van der Waals surface area contributed by atoms with Gasteiger partial charge in [-0.05, 0) is 24.3 Å². The van der Waals surface area contributed by atoms with Gasteiger partial charge in [0.15, 0.2) is 11.5 Å². The largest absolute Gasteiger partial charge is 0.493 e. The van der Waals surface area contributed by atoms with Crippen molar-refractivity contribution in [2.24, 2.45) is 5.73 Å². The number of fused-ring (bicyclic) bond motifs is 1. The van der Waals surface area contributed by atoms with Crippen molar-refractivity contribution < 1.29 is 9.47 Å². The Morgan fingerprint density at radius 2 is 1.85 bits per heavy atom. The summed E-state index contributed by atoms with van der Waals surface area (Å²) in [6.07, 6.45) is 1.92. The van der Waals surface area contributed by atoms with Gasteiger partial charge in [-0.25, -0.2) is 0 Å². The summed E-state index contributed by atoms with van der Waals surface area (Å²) >= 11 is 0. The lowest BCUT2D eigenvalue weighted by atomic mass is 10.3. The Kier molecular flexibility index (Phi) is 3.26. The Balaban J connectivity index is 2.06. The summed E-state index contributed by atoms with van der Waals surface area (Å²) in [6.45, 7) is 0.343. The van der Waals surface area contributed by atoms with Crippen molar-refractivity contribution in [3.8, 4) is 17.4 Å². The molecule has 2 heterocycles. The van der Waals surface area contributed by atoms with Gasteiger partial charge in [0.1, 0.15) is 11.3 Å². The predicted molar refractivity (Wildman–Crippen MR) is 76.2 cm³/mol. The molecule has 5 heteroatoms. The van der Waals surface area contributed by atoms with Crippen LogP contribution in [0.1, 0.15) is 5.69 Å². The zero-order chi connectivity index (χ0) is 13.9. The molecule has 20 heavy (non-hydrogen) atoms. The quantitative estimate of drug-likeness (QED) is 0.790. The van der Waals surface area contributed by atoms with E-state index in [4.69, 9.17) is 15.2 Å². The molecule has 0 saturated carbocycles. The molecule has 0 bridgehead atoms. The molecule has 1 aromatic carbocycles. The maximum Gasteiger partial charge on any atom is 0.242 e. The van der Waals surface area contributed by atoms with Gasteiger partial charge in [-0.15, -0.1) is 0 Å². The first-order valence-corrected chi connectivity index (χ1v) is 6.30. The smallest absolute Gasteiger partial charge is 0.242 e. The molecule has 2 N–H and O–H groups in total. The second-order valence-electron chi connectivity index (χ2n) is 4.25. The molecule has 0 saturated heterocycles. The van der Waals surface area contributed by atoms with Crippen molar-refractivity contribution in [1.82, 2.24) is 9.38 Å². The number of ether oxygens (including phenoxy) is 2. The van der Waals surface area contributed by atoms with Crippen molar-refractivity contribution in [3.63, 3.8) is 0 Å². The van der Waals surface area contributed by atoms with E-state index in [2.05, 4.69) is 4.98 Å². The van der Waals surface area contributed by atoms with Gasteiger partial charge >= 0.3 is 0 Å². The van der Waals surface area contributed by atoms with E-state index in [9.17, 15) is 0 Å². The number of hydrogen-bond donors (Lipinski definition) is 1. The number of para-hydroxylation sites is 2. The van der Waals surface area contributed by atoms with Crippen molar-refractivity contribution in [1.29, 1.82) is 0 Å². The Bertz CT molecular complexity index is 737. The summed E-state index contributed by atoms with van der Waals surface area (Å²) in [5.41, 5.74) is 7.44. The number of methoxy groups -OCH3 is 1. The van der Waals surface area contributed by atoms with Gasteiger partial charge in [0, 0.05) is 12.7 Å². The molecule has 0 aliphatic rings. The number of nitrogens with zero attached hydrogens (tertiary/aromatic N) is 2. The fourth-order valence-corrected chi connectivity index (χ4v) is 2.10. The molecule has 2 aromatic heterocycles. The first-order chi connectivity index (χ1) is 9.83. The van der Waals surface area contributed by atoms with E-state index in [1.165, 1.54) is 0 Å². The Morgan fingerprint density at radius 1 is 1.10 bits per heavy atom. The van der Waals surface area contributed by atoms with E-state index >= 15 is 0 Å². The number of aromatic nitrogens is 2. The molecule has 0 aliphatic heterocycles. The van der Waals surface area contributed by atoms with Crippen LogP contribution < -0.4 is 15.2 Å². The van der Waals surface area contributed by atoms with Crippen molar-refractivity contribution in [2.45, 2.75) is 6.54 Å². The molecule has 0 radical (unpaired) electrons. The third kappa shape index (κ3) is 2.08. The first kappa shape index (κ1) is 12.5. The van der Waals surface area contributed by atoms with E-state index < -0.39 is 0 Å². The second kappa shape index (κ2) is 5.22. The van der Waals surface area contributed by atoms with Crippen LogP contribution in [0.25, 0.3) is 5.65 Å².